The minimum absolute atomic E-state index is 0.0889. The van der Waals surface area contributed by atoms with E-state index >= 15 is 0 Å². The predicted molar refractivity (Wildman–Crippen MR) is 121 cm³/mol. The Kier molecular flexibility index (Phi) is 3.00. The third-order valence-electron chi connectivity index (χ3n) is 11.2. The Balaban J connectivity index is 1.25. The van der Waals surface area contributed by atoms with Gasteiger partial charge in [0.2, 0.25) is 0 Å². The average molecular weight is 508 g/mol. The molecule has 7 aliphatic rings. The van der Waals surface area contributed by atoms with Crippen molar-refractivity contribution in [3.63, 3.8) is 0 Å². The van der Waals surface area contributed by atoms with Gasteiger partial charge in [-0.1, -0.05) is 6.07 Å². The van der Waals surface area contributed by atoms with E-state index in [0.717, 1.165) is 11.8 Å². The molecule has 7 nitrogen and oxygen atoms in total. The number of nitrogens with one attached hydrogen (secondary N) is 1. The Morgan fingerprint density at radius 1 is 1.17 bits per heavy atom. The van der Waals surface area contributed by atoms with Crippen LogP contribution in [0.2, 0.25) is 0 Å². The monoisotopic (exact) mass is 507 g/mol. The summed E-state index contributed by atoms with van der Waals surface area (Å²) in [6, 6.07) is 1.64. The second-order valence-electron chi connectivity index (χ2n) is 11.3. The molecule has 1 aromatic carbocycles. The van der Waals surface area contributed by atoms with E-state index in [-0.39, 0.29) is 46.0 Å². The number of halogens is 2. The summed E-state index contributed by atoms with van der Waals surface area (Å²) in [5, 5.41) is 16.0. The molecule has 9 rings (SSSR count). The fraction of sp³-hybridized carbons (Fsp3) is 0.462. The van der Waals surface area contributed by atoms with Crippen LogP contribution in [-0.2, 0) is 14.3 Å². The Morgan fingerprint density at radius 2 is 1.94 bits per heavy atom. The molecule has 2 N–H and O–H groups in total. The number of hydrogen-bond donors (Lipinski definition) is 2. The number of nitrogens with zero attached hydrogens (tertiary/aromatic N) is 2. The van der Waals surface area contributed by atoms with Crippen LogP contribution < -0.4 is 5.32 Å². The lowest BCUT2D eigenvalue weighted by Crippen LogP contribution is -3.00. The molecule has 6 aliphatic carbocycles. The number of esters is 1. The number of benzene rings is 1. The minimum atomic E-state index is -0.969. The third kappa shape index (κ3) is 1.45. The van der Waals surface area contributed by atoms with Gasteiger partial charge in [-0.15, -0.1) is 11.3 Å². The second kappa shape index (κ2) is 5.41. The maximum Gasteiger partial charge on any atom is 0.338 e. The SMILES string of the molecule is COC(=O)C1=C(C23C4C5C6C2C62C3C4C52C(=O)O)NC(c2nccs2)=N[C@@H]1c1ccc(F)c(F)c1C. The number of aliphatic carboxylic acids is 1. The van der Waals surface area contributed by atoms with Crippen molar-refractivity contribution >= 4 is 29.1 Å². The molecule has 0 radical (unpaired) electrons. The number of hydrogen-bond acceptors (Lipinski definition) is 7. The Labute approximate surface area is 207 Å². The number of thiazole rings is 1. The maximum absolute atomic E-state index is 14.7. The number of ether oxygens (including phenoxy) is 1. The zero-order valence-corrected chi connectivity index (χ0v) is 19.9. The van der Waals surface area contributed by atoms with E-state index in [1.165, 1.54) is 31.4 Å². The van der Waals surface area contributed by atoms with Crippen molar-refractivity contribution in [1.82, 2.24) is 10.3 Å². The lowest BCUT2D eigenvalue weighted by atomic mass is 9.03. The highest BCUT2D eigenvalue weighted by molar-refractivity contribution is 7.11. The maximum atomic E-state index is 14.7. The summed E-state index contributed by atoms with van der Waals surface area (Å²) in [6.45, 7) is 1.49. The summed E-state index contributed by atoms with van der Waals surface area (Å²) < 4.78 is 33.9. The van der Waals surface area contributed by atoms with Crippen molar-refractivity contribution < 1.29 is 28.2 Å². The molecule has 6 saturated carbocycles. The van der Waals surface area contributed by atoms with Crippen LogP contribution in [0.3, 0.4) is 0 Å². The van der Waals surface area contributed by atoms with Crippen LogP contribution in [0.1, 0.15) is 22.2 Å². The first-order valence-corrected chi connectivity index (χ1v) is 13.0. The number of rotatable bonds is 5. The quantitative estimate of drug-likeness (QED) is 0.604. The molecule has 6 fully saturated rings. The molecule has 9 unspecified atom stereocenters. The molecule has 1 spiro atoms. The van der Waals surface area contributed by atoms with Crippen molar-refractivity contribution in [3.8, 4) is 0 Å². The molecule has 0 bridgehead atoms. The van der Waals surface area contributed by atoms with Gasteiger partial charge in [0.15, 0.2) is 22.5 Å². The molecule has 10 atom stereocenters. The number of aromatic nitrogens is 1. The highest BCUT2D eigenvalue weighted by Crippen LogP contribution is 3.23. The predicted octanol–water partition coefficient (Wildman–Crippen LogP) is 3.07. The van der Waals surface area contributed by atoms with Crippen LogP contribution in [0.4, 0.5) is 8.78 Å². The number of methoxy groups -OCH3 is 1. The first-order chi connectivity index (χ1) is 17.3. The average Bonchev–Trinajstić information content (AvgIpc) is 3.16. The Hall–Kier alpha value is -3.14. The first-order valence-electron chi connectivity index (χ1n) is 12.1. The lowest BCUT2D eigenvalue weighted by molar-refractivity contribution is -0.519. The summed E-state index contributed by atoms with van der Waals surface area (Å²) >= 11 is 1.39. The van der Waals surface area contributed by atoms with Gasteiger partial charge in [0.05, 0.1) is 18.1 Å². The topological polar surface area (TPSA) is 101 Å². The van der Waals surface area contributed by atoms with E-state index in [0.29, 0.717) is 27.9 Å². The van der Waals surface area contributed by atoms with Crippen molar-refractivity contribution in [3.05, 3.63) is 62.7 Å². The van der Waals surface area contributed by atoms with Crippen molar-refractivity contribution in [2.24, 2.45) is 56.7 Å². The van der Waals surface area contributed by atoms with Gasteiger partial charge in [0.1, 0.15) is 6.04 Å². The lowest BCUT2D eigenvalue weighted by Gasteiger charge is -2.98. The zero-order valence-electron chi connectivity index (χ0n) is 19.1. The van der Waals surface area contributed by atoms with Gasteiger partial charge in [0, 0.05) is 22.7 Å². The number of carbonyl (C=O) groups excluding carboxylic acids is 1. The van der Waals surface area contributed by atoms with E-state index in [2.05, 4.69) is 10.3 Å². The van der Waals surface area contributed by atoms with Crippen LogP contribution in [0, 0.1) is 70.3 Å². The highest BCUT2D eigenvalue weighted by atomic mass is 32.1. The molecule has 182 valence electrons. The normalized spacial score (nSPS) is 46.4. The molecule has 10 heteroatoms. The van der Waals surface area contributed by atoms with Crippen molar-refractivity contribution in [2.75, 3.05) is 7.11 Å². The molecule has 1 aliphatic heterocycles. The Morgan fingerprint density at radius 3 is 2.56 bits per heavy atom. The van der Waals surface area contributed by atoms with Crippen LogP contribution in [-0.4, -0.2) is 35.0 Å². The summed E-state index contributed by atoms with van der Waals surface area (Å²) in [5.74, 6) is -1.26. The smallest absolute Gasteiger partial charge is 0.338 e. The van der Waals surface area contributed by atoms with Gasteiger partial charge in [-0.2, -0.15) is 0 Å². The molecule has 1 aromatic heterocycles. The van der Waals surface area contributed by atoms with Gasteiger partial charge in [0.25, 0.3) is 0 Å². The number of carbonyl (C=O) groups is 2. The highest BCUT2D eigenvalue weighted by Gasteiger charge is 3.24. The van der Waals surface area contributed by atoms with Gasteiger partial charge in [-0.3, -0.25) is 9.79 Å². The van der Waals surface area contributed by atoms with E-state index in [9.17, 15) is 23.5 Å². The number of aliphatic imine (C=N–C) groups is 1. The molecular formula is C26H19F2N3O4S. The molecule has 36 heavy (non-hydrogen) atoms. The second-order valence-corrected chi connectivity index (χ2v) is 12.2. The van der Waals surface area contributed by atoms with E-state index in [4.69, 9.17) is 9.73 Å². The first kappa shape index (κ1) is 20.0. The number of carboxylic acid groups (broad SMARTS) is 1. The Bertz CT molecular complexity index is 1550. The van der Waals surface area contributed by atoms with E-state index in [1.54, 1.807) is 6.20 Å². The van der Waals surface area contributed by atoms with Gasteiger partial charge in [-0.05, 0) is 65.0 Å². The number of fused-ring (bicyclic) bond motifs is 5. The largest absolute Gasteiger partial charge is 0.481 e. The summed E-state index contributed by atoms with van der Waals surface area (Å²) in [7, 11) is 1.30. The van der Waals surface area contributed by atoms with Gasteiger partial charge < -0.3 is 15.2 Å². The van der Waals surface area contributed by atoms with Crippen LogP contribution in [0.15, 0.2) is 40.0 Å². The van der Waals surface area contributed by atoms with Gasteiger partial charge in [-0.25, -0.2) is 18.6 Å². The van der Waals surface area contributed by atoms with E-state index in [1.807, 2.05) is 5.38 Å². The molecule has 2 aromatic rings. The summed E-state index contributed by atoms with van der Waals surface area (Å²) in [4.78, 5) is 34.9. The van der Waals surface area contributed by atoms with Gasteiger partial charge >= 0.3 is 11.9 Å². The van der Waals surface area contributed by atoms with Crippen molar-refractivity contribution in [1.29, 1.82) is 0 Å². The fourth-order valence-corrected chi connectivity index (χ4v) is 11.4. The van der Waals surface area contributed by atoms with Crippen LogP contribution in [0.5, 0.6) is 0 Å². The molecule has 0 saturated heterocycles. The van der Waals surface area contributed by atoms with Crippen molar-refractivity contribution in [2.45, 2.75) is 13.0 Å². The molecular weight excluding hydrogens is 488 g/mol. The fourth-order valence-electron chi connectivity index (χ4n) is 10.9. The number of carboxylic acids is 1. The number of allylic oxidation sites excluding steroid dienone is 1. The summed E-state index contributed by atoms with van der Waals surface area (Å²) in [5.41, 5.74) is 0.579. The van der Waals surface area contributed by atoms with E-state index < -0.39 is 35.0 Å². The molecule has 0 amide bonds. The standard InChI is InChI=1S/C26H19F2N3O4S/c1-7-8(3-4-9(27)15(7)28)16-10(22(32)35-2)19(31-20(30-16)21-29-5-6-36-21)24-11-12-14-18(24)26(14)17(24)13(11)25(12,26)23(33)34/h3-6,11-14,16-18H,1-2H3,(H,30,31)(H,33,34)/t11?,12?,13?,14?,16-,17?,18?,24?,25?,26?/m1/s1. The minimum Gasteiger partial charge on any atom is -0.481 e. The third-order valence-corrected chi connectivity index (χ3v) is 12.0. The zero-order chi connectivity index (χ0) is 24.7. The van der Waals surface area contributed by atoms with Crippen LogP contribution >= 0.6 is 11.3 Å². The van der Waals surface area contributed by atoms with Crippen LogP contribution in [0.25, 0.3) is 0 Å². The molecule has 2 heterocycles. The summed E-state index contributed by atoms with van der Waals surface area (Å²) in [6.07, 6.45) is 1.66. The number of amidine groups is 1.